The highest BCUT2D eigenvalue weighted by molar-refractivity contribution is 7.98. The zero-order chi connectivity index (χ0) is 28.8. The van der Waals surface area contributed by atoms with Gasteiger partial charge in [-0.25, -0.2) is 14.3 Å². The lowest BCUT2D eigenvalue weighted by Gasteiger charge is -2.27. The summed E-state index contributed by atoms with van der Waals surface area (Å²) in [6.45, 7) is 10.9. The Balaban J connectivity index is 1.61. The first-order chi connectivity index (χ1) is 18.1. The van der Waals surface area contributed by atoms with Crippen molar-refractivity contribution < 1.29 is 22.7 Å². The quantitative estimate of drug-likeness (QED) is 0.282. The molecule has 0 bridgehead atoms. The molecule has 1 atom stereocenters. The molecule has 1 N–H and O–H groups in total. The summed E-state index contributed by atoms with van der Waals surface area (Å²) in [6, 6.07) is 4.87. The van der Waals surface area contributed by atoms with E-state index in [1.807, 2.05) is 20.2 Å². The standard InChI is InChI=1S/C25H33F3N7O2PS/c1-16-12-35(38(6,7)14-16)22-18(23(36)32-39-19-13-33(5)30-17(19)2)8-9-20(29-22)34-11-10-21(31-34)37-15-24(3,4)25(26,27)28/h8-11,13,16H,12,14-15H2,1-7H3/p+1. The van der Waals surface area contributed by atoms with Crippen molar-refractivity contribution in [3.63, 3.8) is 0 Å². The number of ether oxygens (including phenoxy) is 1. The normalized spacial score (nSPS) is 17.5. The van der Waals surface area contributed by atoms with Gasteiger partial charge in [0.05, 0.1) is 47.6 Å². The van der Waals surface area contributed by atoms with Crippen molar-refractivity contribution in [3.05, 3.63) is 41.9 Å². The number of carbonyl (C=O) groups excluding carboxylic acids is 1. The average molecular weight is 585 g/mol. The number of hydrogen-bond donors (Lipinski definition) is 1. The highest BCUT2D eigenvalue weighted by atomic mass is 32.2. The van der Waals surface area contributed by atoms with E-state index in [9.17, 15) is 18.0 Å². The summed E-state index contributed by atoms with van der Waals surface area (Å²) < 4.78 is 53.3. The molecule has 4 heterocycles. The van der Waals surface area contributed by atoms with Gasteiger partial charge in [0.1, 0.15) is 14.0 Å². The summed E-state index contributed by atoms with van der Waals surface area (Å²) >= 11 is 1.20. The molecule has 1 amide bonds. The first kappa shape index (κ1) is 29.2. The molecule has 1 fully saturated rings. The van der Waals surface area contributed by atoms with Gasteiger partial charge >= 0.3 is 6.18 Å². The molecular weight excluding hydrogens is 550 g/mol. The summed E-state index contributed by atoms with van der Waals surface area (Å²) in [5.41, 5.74) is -0.775. The number of nitrogens with one attached hydrogen (secondary N) is 1. The van der Waals surface area contributed by atoms with Gasteiger partial charge in [0.15, 0.2) is 11.6 Å². The van der Waals surface area contributed by atoms with Gasteiger partial charge in [-0.3, -0.25) is 14.2 Å². The van der Waals surface area contributed by atoms with Gasteiger partial charge in [-0.1, -0.05) is 6.92 Å². The lowest BCUT2D eigenvalue weighted by atomic mass is 9.94. The molecule has 0 radical (unpaired) electrons. The molecule has 3 aromatic heterocycles. The molecule has 212 valence electrons. The van der Waals surface area contributed by atoms with Gasteiger partial charge in [-0.2, -0.15) is 18.3 Å². The van der Waals surface area contributed by atoms with E-state index in [1.54, 1.807) is 23.0 Å². The number of rotatable bonds is 8. The van der Waals surface area contributed by atoms with Crippen molar-refractivity contribution in [2.24, 2.45) is 18.4 Å². The summed E-state index contributed by atoms with van der Waals surface area (Å²) in [5, 5.41) is 8.60. The fraction of sp³-hybridized carbons (Fsp3) is 0.520. The number of amides is 1. The first-order valence-electron chi connectivity index (χ1n) is 12.4. The molecular formula is C25H34F3N7O2PS+. The molecule has 0 spiro atoms. The van der Waals surface area contributed by atoms with Crippen LogP contribution in [0.4, 0.5) is 19.0 Å². The Labute approximate surface area is 231 Å². The van der Waals surface area contributed by atoms with Crippen molar-refractivity contribution in [2.75, 3.05) is 37.3 Å². The second-order valence-electron chi connectivity index (χ2n) is 11.1. The zero-order valence-electron chi connectivity index (χ0n) is 23.1. The molecule has 39 heavy (non-hydrogen) atoms. The first-order valence-corrected chi connectivity index (χ1v) is 16.1. The number of carbonyl (C=O) groups is 1. The van der Waals surface area contributed by atoms with E-state index in [4.69, 9.17) is 9.72 Å². The lowest BCUT2D eigenvalue weighted by Crippen LogP contribution is -2.37. The Morgan fingerprint density at radius 3 is 2.54 bits per heavy atom. The maximum absolute atomic E-state index is 13.4. The van der Waals surface area contributed by atoms with Gasteiger partial charge < -0.3 is 4.74 Å². The van der Waals surface area contributed by atoms with Crippen molar-refractivity contribution in [1.82, 2.24) is 29.3 Å². The van der Waals surface area contributed by atoms with Crippen LogP contribution in [0.25, 0.3) is 5.82 Å². The van der Waals surface area contributed by atoms with E-state index >= 15 is 0 Å². The predicted octanol–water partition coefficient (Wildman–Crippen LogP) is 5.36. The number of hydrogen-bond acceptors (Lipinski definition) is 7. The maximum atomic E-state index is 13.4. The molecule has 0 aliphatic carbocycles. The van der Waals surface area contributed by atoms with Crippen LogP contribution in [-0.4, -0.2) is 69.3 Å². The molecule has 3 aromatic rings. The number of pyridine rings is 1. The summed E-state index contributed by atoms with van der Waals surface area (Å²) in [4.78, 5) is 19.1. The van der Waals surface area contributed by atoms with Gasteiger partial charge in [-0.15, -0.1) is 5.10 Å². The number of halogens is 3. The van der Waals surface area contributed by atoms with Gasteiger partial charge in [0.2, 0.25) is 5.88 Å². The Morgan fingerprint density at radius 2 is 1.95 bits per heavy atom. The third kappa shape index (κ3) is 6.35. The van der Waals surface area contributed by atoms with Crippen LogP contribution >= 0.6 is 19.4 Å². The van der Waals surface area contributed by atoms with E-state index in [1.165, 1.54) is 22.7 Å². The maximum Gasteiger partial charge on any atom is 0.397 e. The largest absolute Gasteiger partial charge is 0.476 e. The number of aromatic nitrogens is 5. The number of alkyl halides is 3. The van der Waals surface area contributed by atoms with E-state index < -0.39 is 25.6 Å². The molecule has 0 aromatic carbocycles. The van der Waals surface area contributed by atoms with E-state index in [0.717, 1.165) is 37.1 Å². The van der Waals surface area contributed by atoms with Crippen LogP contribution in [0.3, 0.4) is 0 Å². The molecule has 1 aliphatic heterocycles. The number of anilines is 1. The lowest BCUT2D eigenvalue weighted by molar-refractivity contribution is -0.219. The minimum Gasteiger partial charge on any atom is -0.476 e. The average Bonchev–Trinajstić information content (AvgIpc) is 3.51. The number of nitrogens with zero attached hydrogens (tertiary/aromatic N) is 6. The second-order valence-corrected chi connectivity index (χ2v) is 16.0. The van der Waals surface area contributed by atoms with Crippen LogP contribution in [0.1, 0.15) is 36.8 Å². The molecule has 1 unspecified atom stereocenters. The molecule has 14 heteroatoms. The molecule has 1 saturated heterocycles. The van der Waals surface area contributed by atoms with Crippen LogP contribution in [0, 0.1) is 18.3 Å². The fourth-order valence-corrected chi connectivity index (χ4v) is 8.33. The van der Waals surface area contributed by atoms with Gasteiger partial charge in [0.25, 0.3) is 5.91 Å². The molecule has 4 rings (SSSR count). The predicted molar refractivity (Wildman–Crippen MR) is 148 cm³/mol. The third-order valence-corrected chi connectivity index (χ3v) is 10.7. The minimum atomic E-state index is -4.40. The minimum absolute atomic E-state index is 0.0587. The van der Waals surface area contributed by atoms with E-state index in [2.05, 4.69) is 39.8 Å². The van der Waals surface area contributed by atoms with Crippen LogP contribution in [0.15, 0.2) is 35.5 Å². The molecule has 9 nitrogen and oxygen atoms in total. The van der Waals surface area contributed by atoms with Crippen molar-refractivity contribution in [2.45, 2.75) is 38.8 Å². The third-order valence-electron chi connectivity index (χ3n) is 6.62. The van der Waals surface area contributed by atoms with Crippen molar-refractivity contribution in [1.29, 1.82) is 0 Å². The molecule has 0 saturated carbocycles. The van der Waals surface area contributed by atoms with Crippen molar-refractivity contribution >= 4 is 31.1 Å². The Hall–Kier alpha value is -2.79. The fourth-order valence-electron chi connectivity index (χ4n) is 4.40. The van der Waals surface area contributed by atoms with Gasteiger partial charge in [0, 0.05) is 31.4 Å². The summed E-state index contributed by atoms with van der Waals surface area (Å²) in [5.74, 6) is 1.22. The summed E-state index contributed by atoms with van der Waals surface area (Å²) in [7, 11) is 0.251. The SMILES string of the molecule is Cc1nn(C)cc1SNC(=O)c1ccc(-n2ccc(OCC(C)(C)C(F)(F)F)n2)nc1N1CC(C)C[P+]1(C)C. The smallest absolute Gasteiger partial charge is 0.397 e. The summed E-state index contributed by atoms with van der Waals surface area (Å²) in [6.07, 6.45) is 0.0554. The Bertz CT molecular complexity index is 1360. The zero-order valence-corrected chi connectivity index (χ0v) is 24.8. The highest BCUT2D eigenvalue weighted by Crippen LogP contribution is 2.62. The monoisotopic (exact) mass is 584 g/mol. The Morgan fingerprint density at radius 1 is 1.23 bits per heavy atom. The van der Waals surface area contributed by atoms with Crippen LogP contribution < -0.4 is 14.1 Å². The van der Waals surface area contributed by atoms with Crippen LogP contribution in [0.2, 0.25) is 0 Å². The second kappa shape index (κ2) is 10.6. The topological polar surface area (TPSA) is 90.1 Å². The Kier molecular flexibility index (Phi) is 7.97. The molecule has 1 aliphatic rings. The van der Waals surface area contributed by atoms with Crippen molar-refractivity contribution in [3.8, 4) is 11.7 Å². The van der Waals surface area contributed by atoms with Crippen LogP contribution in [-0.2, 0) is 7.05 Å². The van der Waals surface area contributed by atoms with E-state index in [0.29, 0.717) is 23.1 Å². The number of aryl methyl sites for hydroxylation is 2. The van der Waals surface area contributed by atoms with E-state index in [-0.39, 0.29) is 11.8 Å². The van der Waals surface area contributed by atoms with Gasteiger partial charge in [-0.05, 0) is 44.9 Å². The van der Waals surface area contributed by atoms with Crippen LogP contribution in [0.5, 0.6) is 5.88 Å². The highest BCUT2D eigenvalue weighted by Gasteiger charge is 2.48.